The second-order valence-corrected chi connectivity index (χ2v) is 4.56. The topological polar surface area (TPSA) is 50.4 Å². The van der Waals surface area contributed by atoms with E-state index in [9.17, 15) is 4.79 Å². The van der Waals surface area contributed by atoms with Crippen LogP contribution in [0.2, 0.25) is 0 Å². The third-order valence-electron chi connectivity index (χ3n) is 2.84. The first kappa shape index (κ1) is 11.7. The fraction of sp³-hybridized carbons (Fsp3) is 0.357. The summed E-state index contributed by atoms with van der Waals surface area (Å²) in [6, 6.07) is 8.05. The summed E-state index contributed by atoms with van der Waals surface area (Å²) in [6.07, 6.45) is 0.553. The van der Waals surface area contributed by atoms with Crippen LogP contribution in [0.5, 0.6) is 0 Å². The number of hydrogen-bond donors (Lipinski definition) is 1. The minimum atomic E-state index is -0.798. The predicted molar refractivity (Wildman–Crippen MR) is 66.3 cm³/mol. The predicted octanol–water partition coefficient (Wildman–Crippen LogP) is 3.57. The van der Waals surface area contributed by atoms with E-state index < -0.39 is 5.97 Å². The number of aliphatic carboxylic acids is 1. The average molecular weight is 232 g/mol. The van der Waals surface area contributed by atoms with Gasteiger partial charge in [0.15, 0.2) is 0 Å². The number of carbonyl (C=O) groups is 1. The highest BCUT2D eigenvalue weighted by Crippen LogP contribution is 2.24. The molecule has 0 bridgehead atoms. The van der Waals surface area contributed by atoms with Crippen LogP contribution in [-0.4, -0.2) is 11.1 Å². The molecule has 0 spiro atoms. The molecule has 0 radical (unpaired) electrons. The van der Waals surface area contributed by atoms with Crippen molar-refractivity contribution in [3.05, 3.63) is 35.6 Å². The van der Waals surface area contributed by atoms with Gasteiger partial charge in [0.2, 0.25) is 0 Å². The fourth-order valence-corrected chi connectivity index (χ4v) is 1.83. The number of rotatable bonds is 4. The summed E-state index contributed by atoms with van der Waals surface area (Å²) in [5.74, 6) is 0.424. The van der Waals surface area contributed by atoms with Crippen molar-refractivity contribution >= 4 is 16.9 Å². The molecular weight excluding hydrogens is 216 g/mol. The van der Waals surface area contributed by atoms with Crippen molar-refractivity contribution in [2.24, 2.45) is 0 Å². The van der Waals surface area contributed by atoms with Crippen LogP contribution in [0.3, 0.4) is 0 Å². The molecule has 3 nitrogen and oxygen atoms in total. The molecule has 0 atom stereocenters. The van der Waals surface area contributed by atoms with Crippen LogP contribution in [0.15, 0.2) is 28.7 Å². The maximum atomic E-state index is 10.5. The van der Waals surface area contributed by atoms with Crippen molar-refractivity contribution in [1.82, 2.24) is 0 Å². The van der Waals surface area contributed by atoms with E-state index in [-0.39, 0.29) is 6.42 Å². The summed E-state index contributed by atoms with van der Waals surface area (Å²) in [5.41, 5.74) is 2.10. The standard InChI is InChI=1S/C14H16O3/c1-9(2)10-3-5-13-11(7-10)8-12(17-13)4-6-14(15)16/h3,5,7-9H,4,6H2,1-2H3,(H,15,16). The molecule has 1 aromatic carbocycles. The van der Waals surface area contributed by atoms with Crippen LogP contribution < -0.4 is 0 Å². The number of carboxylic acid groups (broad SMARTS) is 1. The zero-order valence-electron chi connectivity index (χ0n) is 10.1. The number of furan rings is 1. The monoisotopic (exact) mass is 232 g/mol. The number of benzene rings is 1. The molecule has 0 saturated carbocycles. The van der Waals surface area contributed by atoms with E-state index in [4.69, 9.17) is 9.52 Å². The molecule has 1 heterocycles. The van der Waals surface area contributed by atoms with E-state index in [0.29, 0.717) is 12.3 Å². The third kappa shape index (κ3) is 2.67. The van der Waals surface area contributed by atoms with Crippen molar-refractivity contribution in [3.63, 3.8) is 0 Å². The zero-order chi connectivity index (χ0) is 12.4. The lowest BCUT2D eigenvalue weighted by molar-refractivity contribution is -0.137. The summed E-state index contributed by atoms with van der Waals surface area (Å²) in [5, 5.41) is 9.68. The molecule has 3 heteroatoms. The highest BCUT2D eigenvalue weighted by atomic mass is 16.4. The van der Waals surface area contributed by atoms with Crippen molar-refractivity contribution in [2.45, 2.75) is 32.6 Å². The van der Waals surface area contributed by atoms with E-state index in [2.05, 4.69) is 26.0 Å². The Bertz CT molecular complexity index is 537. The van der Waals surface area contributed by atoms with Crippen LogP contribution in [0, 0.1) is 0 Å². The molecular formula is C14H16O3. The summed E-state index contributed by atoms with van der Waals surface area (Å²) in [6.45, 7) is 4.29. The molecule has 0 aliphatic heterocycles. The summed E-state index contributed by atoms with van der Waals surface area (Å²) in [4.78, 5) is 10.5. The molecule has 2 rings (SSSR count). The first-order chi connectivity index (χ1) is 8.06. The first-order valence-electron chi connectivity index (χ1n) is 5.80. The highest BCUT2D eigenvalue weighted by molar-refractivity contribution is 5.79. The molecule has 0 fully saturated rings. The Morgan fingerprint density at radius 3 is 2.76 bits per heavy atom. The van der Waals surface area contributed by atoms with E-state index >= 15 is 0 Å². The van der Waals surface area contributed by atoms with Crippen LogP contribution in [0.1, 0.15) is 37.5 Å². The summed E-state index contributed by atoms with van der Waals surface area (Å²) in [7, 11) is 0. The van der Waals surface area contributed by atoms with Gasteiger partial charge in [-0.1, -0.05) is 19.9 Å². The molecule has 2 aromatic rings. The van der Waals surface area contributed by atoms with E-state index in [1.807, 2.05) is 12.1 Å². The second-order valence-electron chi connectivity index (χ2n) is 4.56. The molecule has 0 amide bonds. The Morgan fingerprint density at radius 2 is 2.12 bits per heavy atom. The number of carboxylic acids is 1. The number of fused-ring (bicyclic) bond motifs is 1. The Hall–Kier alpha value is -1.77. The lowest BCUT2D eigenvalue weighted by Gasteiger charge is -2.03. The SMILES string of the molecule is CC(C)c1ccc2oc(CCC(=O)O)cc2c1. The first-order valence-corrected chi connectivity index (χ1v) is 5.80. The van der Waals surface area contributed by atoms with Crippen molar-refractivity contribution in [1.29, 1.82) is 0 Å². The van der Waals surface area contributed by atoms with Crippen LogP contribution >= 0.6 is 0 Å². The minimum Gasteiger partial charge on any atom is -0.481 e. The van der Waals surface area contributed by atoms with Gasteiger partial charge >= 0.3 is 5.97 Å². The van der Waals surface area contributed by atoms with E-state index in [1.165, 1.54) is 5.56 Å². The van der Waals surface area contributed by atoms with Gasteiger partial charge in [-0.3, -0.25) is 4.79 Å². The van der Waals surface area contributed by atoms with E-state index in [0.717, 1.165) is 16.7 Å². The van der Waals surface area contributed by atoms with Gasteiger partial charge in [0, 0.05) is 11.8 Å². The maximum absolute atomic E-state index is 10.5. The van der Waals surface area contributed by atoms with Gasteiger partial charge in [0.05, 0.1) is 6.42 Å². The number of hydrogen-bond acceptors (Lipinski definition) is 2. The quantitative estimate of drug-likeness (QED) is 0.876. The largest absolute Gasteiger partial charge is 0.481 e. The molecule has 0 saturated heterocycles. The van der Waals surface area contributed by atoms with Crippen LogP contribution in [0.4, 0.5) is 0 Å². The van der Waals surface area contributed by atoms with Gasteiger partial charge in [-0.15, -0.1) is 0 Å². The van der Waals surface area contributed by atoms with Gasteiger partial charge in [0.1, 0.15) is 11.3 Å². The summed E-state index contributed by atoms with van der Waals surface area (Å²) >= 11 is 0. The molecule has 0 aliphatic rings. The van der Waals surface area contributed by atoms with Crippen molar-refractivity contribution in [2.75, 3.05) is 0 Å². The van der Waals surface area contributed by atoms with Gasteiger partial charge in [-0.05, 0) is 29.7 Å². The Balaban J connectivity index is 2.27. The Labute approximate surface area is 100 Å². The maximum Gasteiger partial charge on any atom is 0.303 e. The van der Waals surface area contributed by atoms with Crippen molar-refractivity contribution < 1.29 is 14.3 Å². The number of aryl methyl sites for hydroxylation is 1. The van der Waals surface area contributed by atoms with Crippen LogP contribution in [-0.2, 0) is 11.2 Å². The lowest BCUT2D eigenvalue weighted by atomic mass is 10.0. The van der Waals surface area contributed by atoms with E-state index in [1.54, 1.807) is 0 Å². The highest BCUT2D eigenvalue weighted by Gasteiger charge is 2.07. The van der Waals surface area contributed by atoms with Gasteiger partial charge in [0.25, 0.3) is 0 Å². The van der Waals surface area contributed by atoms with Gasteiger partial charge in [-0.2, -0.15) is 0 Å². The molecule has 0 unspecified atom stereocenters. The molecule has 0 aliphatic carbocycles. The lowest BCUT2D eigenvalue weighted by Crippen LogP contribution is -1.95. The normalized spacial score (nSPS) is 11.2. The minimum absolute atomic E-state index is 0.108. The second kappa shape index (κ2) is 4.62. The Kier molecular flexibility index (Phi) is 3.18. The van der Waals surface area contributed by atoms with Gasteiger partial charge in [-0.25, -0.2) is 0 Å². The molecule has 1 N–H and O–H groups in total. The Morgan fingerprint density at radius 1 is 1.35 bits per heavy atom. The fourth-order valence-electron chi connectivity index (χ4n) is 1.83. The summed E-state index contributed by atoms with van der Waals surface area (Å²) < 4.78 is 5.59. The van der Waals surface area contributed by atoms with Crippen molar-refractivity contribution in [3.8, 4) is 0 Å². The average Bonchev–Trinajstić information content (AvgIpc) is 2.67. The molecule has 1 aromatic heterocycles. The van der Waals surface area contributed by atoms with Crippen LogP contribution in [0.25, 0.3) is 11.0 Å². The zero-order valence-corrected chi connectivity index (χ0v) is 10.1. The molecule has 17 heavy (non-hydrogen) atoms. The molecule has 90 valence electrons. The third-order valence-corrected chi connectivity index (χ3v) is 2.84. The smallest absolute Gasteiger partial charge is 0.303 e. The van der Waals surface area contributed by atoms with Gasteiger partial charge < -0.3 is 9.52 Å².